The number of hydrogen-bond acceptors (Lipinski definition) is 3. The maximum Gasteiger partial charge on any atom is 0.211 e. The van der Waals surface area contributed by atoms with Crippen molar-refractivity contribution in [3.05, 3.63) is 0 Å². The highest BCUT2D eigenvalue weighted by Crippen LogP contribution is 2.14. The van der Waals surface area contributed by atoms with Crippen LogP contribution in [-0.2, 0) is 10.0 Å². The van der Waals surface area contributed by atoms with Gasteiger partial charge in [0.25, 0.3) is 0 Å². The molecule has 104 valence electrons. The third-order valence-corrected chi connectivity index (χ3v) is 3.99. The van der Waals surface area contributed by atoms with Crippen molar-refractivity contribution in [1.29, 1.82) is 0 Å². The van der Waals surface area contributed by atoms with Crippen LogP contribution in [0.4, 0.5) is 0 Å². The van der Waals surface area contributed by atoms with Crippen LogP contribution >= 0.6 is 11.6 Å². The lowest BCUT2D eigenvalue weighted by Gasteiger charge is -2.28. The van der Waals surface area contributed by atoms with E-state index in [-0.39, 0.29) is 11.2 Å². The first-order chi connectivity index (χ1) is 7.68. The van der Waals surface area contributed by atoms with Crippen molar-refractivity contribution in [2.75, 3.05) is 38.8 Å². The van der Waals surface area contributed by atoms with Crippen molar-refractivity contribution in [2.24, 2.45) is 5.41 Å². The first kappa shape index (κ1) is 17.2. The molecule has 0 unspecified atom stereocenters. The van der Waals surface area contributed by atoms with E-state index in [1.54, 1.807) is 0 Å². The Bertz CT molecular complexity index is 303. The summed E-state index contributed by atoms with van der Waals surface area (Å²) < 4.78 is 26.0. The first-order valence-electron chi connectivity index (χ1n) is 5.86. The van der Waals surface area contributed by atoms with Crippen LogP contribution in [0.15, 0.2) is 0 Å². The van der Waals surface area contributed by atoms with Crippen LogP contribution in [-0.4, -0.2) is 52.1 Å². The second-order valence-corrected chi connectivity index (χ2v) is 7.74. The molecule has 0 aliphatic rings. The van der Waals surface area contributed by atoms with Gasteiger partial charge in [0, 0.05) is 19.0 Å². The van der Waals surface area contributed by atoms with Crippen LogP contribution < -0.4 is 4.72 Å². The van der Waals surface area contributed by atoms with Gasteiger partial charge >= 0.3 is 0 Å². The van der Waals surface area contributed by atoms with Crippen LogP contribution in [0.5, 0.6) is 0 Å². The summed E-state index contributed by atoms with van der Waals surface area (Å²) >= 11 is 5.52. The van der Waals surface area contributed by atoms with Gasteiger partial charge in [0.05, 0.1) is 5.75 Å². The summed E-state index contributed by atoms with van der Waals surface area (Å²) in [7, 11) is 0.816. The first-order valence-corrected chi connectivity index (χ1v) is 8.05. The number of halogens is 1. The lowest BCUT2D eigenvalue weighted by atomic mass is 9.93. The summed E-state index contributed by atoms with van der Waals surface area (Å²) in [6, 6.07) is 0. The molecular formula is C11H25ClN2O2S. The monoisotopic (exact) mass is 284 g/mol. The highest BCUT2D eigenvalue weighted by Gasteiger charge is 2.21. The van der Waals surface area contributed by atoms with E-state index in [4.69, 9.17) is 11.6 Å². The third-order valence-electron chi connectivity index (χ3n) is 2.31. The minimum Gasteiger partial charge on any atom is -0.309 e. The zero-order valence-corrected chi connectivity index (χ0v) is 12.9. The van der Waals surface area contributed by atoms with E-state index >= 15 is 0 Å². The van der Waals surface area contributed by atoms with Crippen molar-refractivity contribution >= 4 is 21.6 Å². The van der Waals surface area contributed by atoms with E-state index in [1.807, 2.05) is 27.9 Å². The highest BCUT2D eigenvalue weighted by atomic mass is 35.5. The summed E-state index contributed by atoms with van der Waals surface area (Å²) in [4.78, 5) is 2.06. The molecule has 0 atom stereocenters. The van der Waals surface area contributed by atoms with Crippen LogP contribution in [0, 0.1) is 5.41 Å². The smallest absolute Gasteiger partial charge is 0.211 e. The topological polar surface area (TPSA) is 49.4 Å². The fraction of sp³-hybridized carbons (Fsp3) is 1.00. The molecule has 0 spiro atoms. The number of sulfonamides is 1. The van der Waals surface area contributed by atoms with Crippen molar-refractivity contribution < 1.29 is 8.42 Å². The SMILES string of the molecule is CN(C)CC(C)(C)CNS(=O)(=O)CCCCCl. The maximum absolute atomic E-state index is 11.7. The van der Waals surface area contributed by atoms with E-state index < -0.39 is 10.0 Å². The van der Waals surface area contributed by atoms with Gasteiger partial charge in [0.15, 0.2) is 0 Å². The molecule has 0 radical (unpaired) electrons. The number of alkyl halides is 1. The second kappa shape index (κ2) is 7.56. The molecule has 0 aromatic carbocycles. The molecule has 0 rings (SSSR count). The Kier molecular flexibility index (Phi) is 7.63. The summed E-state index contributed by atoms with van der Waals surface area (Å²) in [6.07, 6.45) is 1.36. The van der Waals surface area contributed by atoms with Gasteiger partial charge < -0.3 is 4.90 Å². The maximum atomic E-state index is 11.7. The van der Waals surface area contributed by atoms with Crippen LogP contribution in [0.3, 0.4) is 0 Å². The summed E-state index contributed by atoms with van der Waals surface area (Å²) in [5.74, 6) is 0.680. The number of nitrogens with zero attached hydrogens (tertiary/aromatic N) is 1. The average molecular weight is 285 g/mol. The zero-order valence-electron chi connectivity index (χ0n) is 11.3. The molecule has 0 aliphatic heterocycles. The average Bonchev–Trinajstić information content (AvgIpc) is 2.14. The lowest BCUT2D eigenvalue weighted by Crippen LogP contribution is -2.40. The Labute approximate surface area is 111 Å². The summed E-state index contributed by atoms with van der Waals surface area (Å²) in [5, 5.41) is 0. The van der Waals surface area contributed by atoms with Gasteiger partial charge in [-0.3, -0.25) is 0 Å². The Morgan fingerprint density at radius 1 is 1.24 bits per heavy atom. The molecule has 0 aliphatic carbocycles. The van der Waals surface area contributed by atoms with Gasteiger partial charge in [-0.1, -0.05) is 13.8 Å². The molecule has 0 aromatic rings. The summed E-state index contributed by atoms with van der Waals surface area (Å²) in [6.45, 7) is 5.41. The molecule has 1 N–H and O–H groups in total. The molecule has 0 saturated carbocycles. The van der Waals surface area contributed by atoms with Gasteiger partial charge in [-0.15, -0.1) is 11.6 Å². The Morgan fingerprint density at radius 2 is 1.82 bits per heavy atom. The van der Waals surface area contributed by atoms with Crippen molar-refractivity contribution in [3.63, 3.8) is 0 Å². The summed E-state index contributed by atoms with van der Waals surface area (Å²) in [5.41, 5.74) is -0.0664. The fourth-order valence-electron chi connectivity index (χ4n) is 1.68. The molecule has 0 fully saturated rings. The molecule has 0 bridgehead atoms. The van der Waals surface area contributed by atoms with Crippen molar-refractivity contribution in [1.82, 2.24) is 9.62 Å². The molecular weight excluding hydrogens is 260 g/mol. The quantitative estimate of drug-likeness (QED) is 0.516. The van der Waals surface area contributed by atoms with E-state index in [9.17, 15) is 8.42 Å². The van der Waals surface area contributed by atoms with Gasteiger partial charge in [0.1, 0.15) is 0 Å². The lowest BCUT2D eigenvalue weighted by molar-refractivity contribution is 0.242. The standard InChI is InChI=1S/C11H25ClN2O2S/c1-11(2,10-14(3)4)9-13-17(15,16)8-6-5-7-12/h13H,5-10H2,1-4H3. The molecule has 17 heavy (non-hydrogen) atoms. The number of rotatable bonds is 9. The fourth-order valence-corrected chi connectivity index (χ4v) is 3.20. The van der Waals surface area contributed by atoms with E-state index in [0.717, 1.165) is 13.0 Å². The largest absolute Gasteiger partial charge is 0.309 e. The number of unbranched alkanes of at least 4 members (excludes halogenated alkanes) is 1. The van der Waals surface area contributed by atoms with Crippen molar-refractivity contribution in [2.45, 2.75) is 26.7 Å². The predicted molar refractivity (Wildman–Crippen MR) is 74.1 cm³/mol. The van der Waals surface area contributed by atoms with E-state index in [0.29, 0.717) is 18.8 Å². The second-order valence-electron chi connectivity index (χ2n) is 5.44. The minimum atomic E-state index is -3.15. The van der Waals surface area contributed by atoms with Crippen LogP contribution in [0.25, 0.3) is 0 Å². The van der Waals surface area contributed by atoms with E-state index in [2.05, 4.69) is 9.62 Å². The Hall–Kier alpha value is 0.160. The molecule has 0 heterocycles. The number of nitrogens with one attached hydrogen (secondary N) is 1. The van der Waals surface area contributed by atoms with E-state index in [1.165, 1.54) is 0 Å². The molecule has 6 heteroatoms. The minimum absolute atomic E-state index is 0.0664. The number of hydrogen-bond donors (Lipinski definition) is 1. The van der Waals surface area contributed by atoms with Crippen LogP contribution in [0.2, 0.25) is 0 Å². The molecule has 0 aromatic heterocycles. The van der Waals surface area contributed by atoms with Gasteiger partial charge in [0.2, 0.25) is 10.0 Å². The van der Waals surface area contributed by atoms with Crippen molar-refractivity contribution in [3.8, 4) is 0 Å². The third kappa shape index (κ3) is 9.83. The molecule has 0 amide bonds. The van der Waals surface area contributed by atoms with Gasteiger partial charge in [-0.2, -0.15) is 0 Å². The Morgan fingerprint density at radius 3 is 2.29 bits per heavy atom. The van der Waals surface area contributed by atoms with Gasteiger partial charge in [-0.25, -0.2) is 13.1 Å². The Balaban J connectivity index is 4.08. The zero-order chi connectivity index (χ0) is 13.5. The highest BCUT2D eigenvalue weighted by molar-refractivity contribution is 7.89. The van der Waals surface area contributed by atoms with Gasteiger partial charge in [-0.05, 0) is 32.4 Å². The molecule has 4 nitrogen and oxygen atoms in total. The normalized spacial score (nSPS) is 13.3. The molecule has 0 saturated heterocycles. The predicted octanol–water partition coefficient (Wildman–Crippen LogP) is 1.51. The van der Waals surface area contributed by atoms with Crippen LogP contribution in [0.1, 0.15) is 26.7 Å².